The second-order valence-corrected chi connectivity index (χ2v) is 7.01. The molecule has 3 amide bonds. The molecule has 148 valence electrons. The summed E-state index contributed by atoms with van der Waals surface area (Å²) in [5.74, 6) is -0.204. The number of benzene rings is 1. The maximum absolute atomic E-state index is 12.5. The van der Waals surface area contributed by atoms with Crippen LogP contribution in [0.5, 0.6) is 5.75 Å². The lowest BCUT2D eigenvalue weighted by Gasteiger charge is -2.37. The van der Waals surface area contributed by atoms with Crippen molar-refractivity contribution in [3.05, 3.63) is 23.8 Å². The third-order valence-corrected chi connectivity index (χ3v) is 4.53. The molecule has 8 nitrogen and oxygen atoms in total. The van der Waals surface area contributed by atoms with E-state index in [1.807, 2.05) is 18.7 Å². The quantitative estimate of drug-likeness (QED) is 0.771. The highest BCUT2D eigenvalue weighted by molar-refractivity contribution is 6.00. The van der Waals surface area contributed by atoms with Gasteiger partial charge in [-0.25, -0.2) is 0 Å². The van der Waals surface area contributed by atoms with E-state index in [4.69, 9.17) is 4.74 Å². The van der Waals surface area contributed by atoms with E-state index >= 15 is 0 Å². The van der Waals surface area contributed by atoms with Crippen molar-refractivity contribution in [2.24, 2.45) is 0 Å². The Hall–Kier alpha value is -2.61. The summed E-state index contributed by atoms with van der Waals surface area (Å²) in [7, 11) is 4.78. The molecule has 1 aromatic carbocycles. The van der Waals surface area contributed by atoms with Crippen LogP contribution in [0.25, 0.3) is 0 Å². The molecule has 0 aromatic heterocycles. The van der Waals surface area contributed by atoms with Crippen LogP contribution in [0, 0.1) is 0 Å². The van der Waals surface area contributed by atoms with Crippen LogP contribution in [-0.4, -0.2) is 73.9 Å². The summed E-state index contributed by atoms with van der Waals surface area (Å²) in [6, 6.07) is 4.56. The van der Waals surface area contributed by atoms with Crippen LogP contribution in [0.1, 0.15) is 30.6 Å². The average molecular weight is 376 g/mol. The van der Waals surface area contributed by atoms with Gasteiger partial charge in [-0.05, 0) is 32.0 Å². The number of hydrogen-bond donors (Lipinski definition) is 2. The lowest BCUT2D eigenvalue weighted by molar-refractivity contribution is -0.133. The zero-order valence-electron chi connectivity index (χ0n) is 16.5. The third-order valence-electron chi connectivity index (χ3n) is 4.53. The fraction of sp³-hybridized carbons (Fsp3) is 0.526. The van der Waals surface area contributed by atoms with Gasteiger partial charge in [-0.15, -0.1) is 0 Å². The van der Waals surface area contributed by atoms with E-state index in [9.17, 15) is 14.4 Å². The first-order chi connectivity index (χ1) is 12.7. The number of ether oxygens (including phenoxy) is 1. The van der Waals surface area contributed by atoms with E-state index in [2.05, 4.69) is 10.6 Å². The van der Waals surface area contributed by atoms with Crippen molar-refractivity contribution in [2.45, 2.75) is 32.4 Å². The summed E-state index contributed by atoms with van der Waals surface area (Å²) < 4.78 is 5.23. The van der Waals surface area contributed by atoms with Gasteiger partial charge in [0.2, 0.25) is 11.8 Å². The molecule has 0 spiro atoms. The Morgan fingerprint density at radius 2 is 2.07 bits per heavy atom. The minimum absolute atomic E-state index is 0.0486. The number of rotatable bonds is 6. The van der Waals surface area contributed by atoms with Crippen molar-refractivity contribution in [1.82, 2.24) is 15.1 Å². The minimum atomic E-state index is -0.500. The lowest BCUT2D eigenvalue weighted by atomic mass is 10.1. The number of anilines is 1. The van der Waals surface area contributed by atoms with Crippen LogP contribution >= 0.6 is 0 Å². The molecule has 0 radical (unpaired) electrons. The molecule has 0 bridgehead atoms. The molecule has 1 heterocycles. The maximum atomic E-state index is 12.5. The standard InChI is InChI=1S/C19H28N4O4/c1-12(2)23-9-8-20-18(25)15(23)11-17(24)21-13-6-7-16(27-5)14(10-13)19(26)22(3)4/h6-7,10,12,15H,8-9,11H2,1-5H3,(H,20,25)(H,21,24). The van der Waals surface area contributed by atoms with Gasteiger partial charge in [0.05, 0.1) is 25.1 Å². The number of carbonyl (C=O) groups is 3. The Morgan fingerprint density at radius 3 is 2.67 bits per heavy atom. The normalized spacial score (nSPS) is 17.4. The molecule has 1 saturated heterocycles. The van der Waals surface area contributed by atoms with E-state index in [0.717, 1.165) is 0 Å². The van der Waals surface area contributed by atoms with E-state index < -0.39 is 6.04 Å². The molecule has 0 saturated carbocycles. The zero-order chi connectivity index (χ0) is 20.1. The molecule has 1 unspecified atom stereocenters. The monoisotopic (exact) mass is 376 g/mol. The number of amides is 3. The van der Waals surface area contributed by atoms with Crippen LogP contribution < -0.4 is 15.4 Å². The van der Waals surface area contributed by atoms with Crippen molar-refractivity contribution >= 4 is 23.4 Å². The predicted molar refractivity (Wildman–Crippen MR) is 103 cm³/mol. The Morgan fingerprint density at radius 1 is 1.37 bits per heavy atom. The number of carbonyl (C=O) groups excluding carboxylic acids is 3. The van der Waals surface area contributed by atoms with Gasteiger partial charge in [0.15, 0.2) is 0 Å². The fourth-order valence-corrected chi connectivity index (χ4v) is 3.14. The molecule has 1 aliphatic heterocycles. The van der Waals surface area contributed by atoms with Crippen LogP contribution in [0.4, 0.5) is 5.69 Å². The molecule has 0 aliphatic carbocycles. The summed E-state index contributed by atoms with van der Waals surface area (Å²) in [6.07, 6.45) is 0.0486. The highest BCUT2D eigenvalue weighted by Crippen LogP contribution is 2.24. The van der Waals surface area contributed by atoms with Crippen LogP contribution in [-0.2, 0) is 9.59 Å². The Labute approximate surface area is 159 Å². The zero-order valence-corrected chi connectivity index (χ0v) is 16.5. The molecular formula is C19H28N4O4. The van der Waals surface area contributed by atoms with Gasteiger partial charge in [0.1, 0.15) is 5.75 Å². The molecule has 1 aromatic rings. The minimum Gasteiger partial charge on any atom is -0.496 e. The number of nitrogens with zero attached hydrogens (tertiary/aromatic N) is 2. The molecule has 2 rings (SSSR count). The van der Waals surface area contributed by atoms with Crippen LogP contribution in [0.2, 0.25) is 0 Å². The number of methoxy groups -OCH3 is 1. The van der Waals surface area contributed by atoms with E-state index in [-0.39, 0.29) is 30.2 Å². The molecule has 1 fully saturated rings. The molecule has 1 atom stereocenters. The first kappa shape index (κ1) is 20.7. The largest absolute Gasteiger partial charge is 0.496 e. The Balaban J connectivity index is 2.14. The van der Waals surface area contributed by atoms with Crippen molar-refractivity contribution in [2.75, 3.05) is 39.6 Å². The summed E-state index contributed by atoms with van der Waals surface area (Å²) in [5.41, 5.74) is 0.845. The van der Waals surface area contributed by atoms with Crippen LogP contribution in [0.3, 0.4) is 0 Å². The Bertz CT molecular complexity index is 718. The summed E-state index contributed by atoms with van der Waals surface area (Å²) >= 11 is 0. The van der Waals surface area contributed by atoms with Crippen molar-refractivity contribution < 1.29 is 19.1 Å². The summed E-state index contributed by atoms with van der Waals surface area (Å²) in [6.45, 7) is 5.31. The smallest absolute Gasteiger partial charge is 0.257 e. The van der Waals surface area contributed by atoms with Crippen molar-refractivity contribution in [3.8, 4) is 5.75 Å². The average Bonchev–Trinajstić information content (AvgIpc) is 2.62. The van der Waals surface area contributed by atoms with E-state index in [1.165, 1.54) is 12.0 Å². The van der Waals surface area contributed by atoms with Crippen LogP contribution in [0.15, 0.2) is 18.2 Å². The first-order valence-electron chi connectivity index (χ1n) is 8.97. The van der Waals surface area contributed by atoms with E-state index in [1.54, 1.807) is 32.3 Å². The number of nitrogens with one attached hydrogen (secondary N) is 2. The van der Waals surface area contributed by atoms with Gasteiger partial charge in [-0.1, -0.05) is 0 Å². The van der Waals surface area contributed by atoms with Gasteiger partial charge in [0.25, 0.3) is 5.91 Å². The predicted octanol–water partition coefficient (Wildman–Crippen LogP) is 0.934. The number of hydrogen-bond acceptors (Lipinski definition) is 5. The highest BCUT2D eigenvalue weighted by atomic mass is 16.5. The maximum Gasteiger partial charge on any atom is 0.257 e. The second kappa shape index (κ2) is 8.85. The third kappa shape index (κ3) is 4.97. The molecule has 8 heteroatoms. The molecular weight excluding hydrogens is 348 g/mol. The summed E-state index contributed by atoms with van der Waals surface area (Å²) in [5, 5.41) is 5.59. The topological polar surface area (TPSA) is 91.0 Å². The molecule has 2 N–H and O–H groups in total. The van der Waals surface area contributed by atoms with Gasteiger partial charge in [-0.2, -0.15) is 0 Å². The van der Waals surface area contributed by atoms with Crippen molar-refractivity contribution in [3.63, 3.8) is 0 Å². The van der Waals surface area contributed by atoms with Gasteiger partial charge < -0.3 is 20.3 Å². The SMILES string of the molecule is COc1ccc(NC(=O)CC2C(=O)NCCN2C(C)C)cc1C(=O)N(C)C. The van der Waals surface area contributed by atoms with Crippen molar-refractivity contribution in [1.29, 1.82) is 0 Å². The fourth-order valence-electron chi connectivity index (χ4n) is 3.14. The Kier molecular flexibility index (Phi) is 6.79. The van der Waals surface area contributed by atoms with E-state index in [0.29, 0.717) is 30.1 Å². The second-order valence-electron chi connectivity index (χ2n) is 7.01. The van der Waals surface area contributed by atoms with Gasteiger partial charge >= 0.3 is 0 Å². The molecule has 1 aliphatic rings. The van der Waals surface area contributed by atoms with Gasteiger partial charge in [-0.3, -0.25) is 19.3 Å². The first-order valence-corrected chi connectivity index (χ1v) is 8.97. The summed E-state index contributed by atoms with van der Waals surface area (Å²) in [4.78, 5) is 40.5. The van der Waals surface area contributed by atoms with Gasteiger partial charge in [0, 0.05) is 38.9 Å². The highest BCUT2D eigenvalue weighted by Gasteiger charge is 2.33. The number of piperazine rings is 1. The molecule has 27 heavy (non-hydrogen) atoms. The lowest BCUT2D eigenvalue weighted by Crippen LogP contribution is -2.58.